The summed E-state index contributed by atoms with van der Waals surface area (Å²) in [7, 11) is 1.68. The molecule has 124 valence electrons. The first kappa shape index (κ1) is 18.3. The molecule has 2 rings (SSSR count). The van der Waals surface area contributed by atoms with Gasteiger partial charge in [0.1, 0.15) is 4.32 Å². The van der Waals surface area contributed by atoms with Gasteiger partial charge in [-0.2, -0.15) is 0 Å². The van der Waals surface area contributed by atoms with Crippen LogP contribution in [0.3, 0.4) is 0 Å². The SMILES string of the molecule is CCCOc1c(Br)cc(/C=C2/SC(=S)N(C)C2=O)cc1OCC. The maximum atomic E-state index is 12.1. The number of amides is 1. The summed E-state index contributed by atoms with van der Waals surface area (Å²) < 4.78 is 12.8. The van der Waals surface area contributed by atoms with Gasteiger partial charge in [0.2, 0.25) is 0 Å². The molecule has 4 nitrogen and oxygen atoms in total. The molecule has 1 aliphatic heterocycles. The lowest BCUT2D eigenvalue weighted by atomic mass is 10.2. The molecule has 0 aromatic heterocycles. The van der Waals surface area contributed by atoms with E-state index in [1.165, 1.54) is 16.7 Å². The molecule has 7 heteroatoms. The Kier molecular flexibility index (Phi) is 6.50. The predicted molar refractivity (Wildman–Crippen MR) is 102 cm³/mol. The first-order valence-corrected chi connectivity index (χ1v) is 9.30. The van der Waals surface area contributed by atoms with Gasteiger partial charge in [-0.15, -0.1) is 0 Å². The van der Waals surface area contributed by atoms with Crippen LogP contribution in [0, 0.1) is 0 Å². The molecule has 1 saturated heterocycles. The number of carbonyl (C=O) groups is 1. The van der Waals surface area contributed by atoms with Crippen LogP contribution in [0.5, 0.6) is 11.5 Å². The van der Waals surface area contributed by atoms with Crippen molar-refractivity contribution in [1.82, 2.24) is 4.90 Å². The van der Waals surface area contributed by atoms with Crippen LogP contribution in [0.15, 0.2) is 21.5 Å². The molecule has 1 aromatic rings. The Morgan fingerprint density at radius 2 is 2.09 bits per heavy atom. The molecule has 0 unspecified atom stereocenters. The van der Waals surface area contributed by atoms with Gasteiger partial charge in [-0.25, -0.2) is 0 Å². The maximum Gasteiger partial charge on any atom is 0.265 e. The Hall–Kier alpha value is -1.05. The second kappa shape index (κ2) is 8.17. The molecular formula is C16H18BrNO3S2. The fourth-order valence-electron chi connectivity index (χ4n) is 1.98. The van der Waals surface area contributed by atoms with Crippen LogP contribution >= 0.6 is 39.9 Å². The molecule has 0 bridgehead atoms. The molecule has 1 fully saturated rings. The van der Waals surface area contributed by atoms with Gasteiger partial charge < -0.3 is 9.47 Å². The first-order valence-electron chi connectivity index (χ1n) is 7.28. The number of nitrogens with zero attached hydrogens (tertiary/aromatic N) is 1. The Labute approximate surface area is 154 Å². The summed E-state index contributed by atoms with van der Waals surface area (Å²) in [5.41, 5.74) is 0.859. The smallest absolute Gasteiger partial charge is 0.265 e. The molecule has 1 heterocycles. The van der Waals surface area contributed by atoms with Crippen molar-refractivity contribution in [1.29, 1.82) is 0 Å². The molecular weight excluding hydrogens is 398 g/mol. The average molecular weight is 416 g/mol. The minimum Gasteiger partial charge on any atom is -0.490 e. The zero-order valence-electron chi connectivity index (χ0n) is 13.2. The Morgan fingerprint density at radius 1 is 1.35 bits per heavy atom. The molecule has 0 aliphatic carbocycles. The number of halogens is 1. The lowest BCUT2D eigenvalue weighted by Gasteiger charge is -2.14. The number of hydrogen-bond acceptors (Lipinski definition) is 5. The van der Waals surface area contributed by atoms with Gasteiger partial charge >= 0.3 is 0 Å². The minimum atomic E-state index is -0.0830. The summed E-state index contributed by atoms with van der Waals surface area (Å²) in [5.74, 6) is 1.27. The fourth-order valence-corrected chi connectivity index (χ4v) is 3.73. The van der Waals surface area contributed by atoms with E-state index in [9.17, 15) is 4.79 Å². The molecule has 0 saturated carbocycles. The number of ether oxygens (including phenoxy) is 2. The highest BCUT2D eigenvalue weighted by Crippen LogP contribution is 2.39. The molecule has 23 heavy (non-hydrogen) atoms. The highest BCUT2D eigenvalue weighted by molar-refractivity contribution is 9.10. The van der Waals surface area contributed by atoms with Crippen molar-refractivity contribution in [2.45, 2.75) is 20.3 Å². The van der Waals surface area contributed by atoms with Crippen LogP contribution in [0.2, 0.25) is 0 Å². The number of benzene rings is 1. The largest absolute Gasteiger partial charge is 0.490 e. The molecule has 1 aromatic carbocycles. The van der Waals surface area contributed by atoms with Gasteiger partial charge in [-0.05, 0) is 53.0 Å². The summed E-state index contributed by atoms with van der Waals surface area (Å²) in [6.45, 7) is 5.13. The average Bonchev–Trinajstić information content (AvgIpc) is 2.74. The van der Waals surface area contributed by atoms with Crippen molar-refractivity contribution in [3.63, 3.8) is 0 Å². The Morgan fingerprint density at radius 3 is 2.65 bits per heavy atom. The topological polar surface area (TPSA) is 38.8 Å². The molecule has 1 aliphatic rings. The van der Waals surface area contributed by atoms with Gasteiger partial charge in [-0.3, -0.25) is 9.69 Å². The van der Waals surface area contributed by atoms with E-state index in [1.807, 2.05) is 25.1 Å². The van der Waals surface area contributed by atoms with Crippen LogP contribution in [-0.4, -0.2) is 35.4 Å². The third-order valence-corrected chi connectivity index (χ3v) is 5.14. The highest BCUT2D eigenvalue weighted by atomic mass is 79.9. The number of thiocarbonyl (C=S) groups is 1. The second-order valence-corrected chi connectivity index (χ2v) is 7.38. The summed E-state index contributed by atoms with van der Waals surface area (Å²) in [4.78, 5) is 14.2. The standard InChI is InChI=1S/C16H18BrNO3S2/c1-4-6-21-14-11(17)7-10(8-12(14)20-5-2)9-13-15(19)18(3)16(22)23-13/h7-9H,4-6H2,1-3H3/b13-9+. The number of likely N-dealkylation sites (N-methyl/N-ethyl adjacent to an activating group) is 1. The third-order valence-electron chi connectivity index (χ3n) is 3.07. The van der Waals surface area contributed by atoms with Gasteiger partial charge in [-0.1, -0.05) is 30.9 Å². The molecule has 0 radical (unpaired) electrons. The van der Waals surface area contributed by atoms with Crippen LogP contribution < -0.4 is 9.47 Å². The number of hydrogen-bond donors (Lipinski definition) is 0. The van der Waals surface area contributed by atoms with E-state index in [2.05, 4.69) is 22.9 Å². The molecule has 0 spiro atoms. The van der Waals surface area contributed by atoms with Crippen molar-refractivity contribution in [2.24, 2.45) is 0 Å². The van der Waals surface area contributed by atoms with E-state index in [4.69, 9.17) is 21.7 Å². The van der Waals surface area contributed by atoms with E-state index in [-0.39, 0.29) is 5.91 Å². The Bertz CT molecular complexity index is 661. The van der Waals surface area contributed by atoms with Crippen LogP contribution in [-0.2, 0) is 4.79 Å². The van der Waals surface area contributed by atoms with E-state index in [0.29, 0.717) is 33.9 Å². The maximum absolute atomic E-state index is 12.1. The summed E-state index contributed by atoms with van der Waals surface area (Å²) >= 11 is 9.97. The van der Waals surface area contributed by atoms with Crippen molar-refractivity contribution >= 4 is 56.2 Å². The number of carbonyl (C=O) groups excluding carboxylic acids is 1. The van der Waals surface area contributed by atoms with Crippen LogP contribution in [0.4, 0.5) is 0 Å². The molecule has 0 N–H and O–H groups in total. The van der Waals surface area contributed by atoms with Crippen molar-refractivity contribution in [2.75, 3.05) is 20.3 Å². The van der Waals surface area contributed by atoms with Crippen molar-refractivity contribution in [3.05, 3.63) is 27.1 Å². The van der Waals surface area contributed by atoms with E-state index in [1.54, 1.807) is 7.05 Å². The van der Waals surface area contributed by atoms with Crippen molar-refractivity contribution in [3.8, 4) is 11.5 Å². The predicted octanol–water partition coefficient (Wildman–Crippen LogP) is 4.47. The van der Waals surface area contributed by atoms with Crippen LogP contribution in [0.1, 0.15) is 25.8 Å². The normalized spacial score (nSPS) is 16.3. The van der Waals surface area contributed by atoms with Gasteiger partial charge in [0.05, 0.1) is 22.6 Å². The summed E-state index contributed by atoms with van der Waals surface area (Å²) in [6, 6.07) is 3.79. The zero-order chi connectivity index (χ0) is 17.0. The van der Waals surface area contributed by atoms with E-state index >= 15 is 0 Å². The fraction of sp³-hybridized carbons (Fsp3) is 0.375. The van der Waals surface area contributed by atoms with Gasteiger partial charge in [0, 0.05) is 7.05 Å². The molecule has 0 atom stereocenters. The Balaban J connectivity index is 2.37. The summed E-state index contributed by atoms with van der Waals surface area (Å²) in [6.07, 6.45) is 2.73. The van der Waals surface area contributed by atoms with E-state index < -0.39 is 0 Å². The lowest BCUT2D eigenvalue weighted by Crippen LogP contribution is -2.22. The molecule has 1 amide bonds. The van der Waals surface area contributed by atoms with Crippen molar-refractivity contribution < 1.29 is 14.3 Å². The highest BCUT2D eigenvalue weighted by Gasteiger charge is 2.28. The minimum absolute atomic E-state index is 0.0830. The van der Waals surface area contributed by atoms with Crippen LogP contribution in [0.25, 0.3) is 6.08 Å². The monoisotopic (exact) mass is 415 g/mol. The third kappa shape index (κ3) is 4.28. The quantitative estimate of drug-likeness (QED) is 0.506. The summed E-state index contributed by atoms with van der Waals surface area (Å²) in [5, 5.41) is 0. The first-order chi connectivity index (χ1) is 11.0. The number of thioether (sulfide) groups is 1. The number of rotatable bonds is 6. The zero-order valence-corrected chi connectivity index (χ0v) is 16.4. The van der Waals surface area contributed by atoms with Gasteiger partial charge in [0.15, 0.2) is 11.5 Å². The second-order valence-electron chi connectivity index (χ2n) is 4.85. The van der Waals surface area contributed by atoms with E-state index in [0.717, 1.165) is 16.5 Å². The van der Waals surface area contributed by atoms with Gasteiger partial charge in [0.25, 0.3) is 5.91 Å². The lowest BCUT2D eigenvalue weighted by molar-refractivity contribution is -0.121.